The Morgan fingerprint density at radius 1 is 1.37 bits per heavy atom. The van der Waals surface area contributed by atoms with Gasteiger partial charge in [0.1, 0.15) is 0 Å². The highest BCUT2D eigenvalue weighted by Crippen LogP contribution is 2.26. The molecule has 0 unspecified atom stereocenters. The van der Waals surface area contributed by atoms with Gasteiger partial charge in [-0.3, -0.25) is 0 Å². The summed E-state index contributed by atoms with van der Waals surface area (Å²) in [5.41, 5.74) is 0. The fourth-order valence-electron chi connectivity index (χ4n) is 2.66. The molecule has 106 valence electrons. The number of rotatable bonds is 5. The number of hydrogen-bond donors (Lipinski definition) is 1. The molecule has 1 fully saturated rings. The Balaban J connectivity index is 2.03. The Bertz CT molecular complexity index is 402. The van der Waals surface area contributed by atoms with Crippen molar-refractivity contribution in [1.29, 1.82) is 0 Å². The maximum Gasteiger partial charge on any atom is 0.224 e. The molecular formula is C14H23FN4. The second-order valence-corrected chi connectivity index (χ2v) is 5.11. The van der Waals surface area contributed by atoms with Crippen molar-refractivity contribution in [1.82, 2.24) is 9.97 Å². The number of anilines is 2. The molecule has 5 heteroatoms. The third kappa shape index (κ3) is 3.55. The van der Waals surface area contributed by atoms with Crippen LogP contribution in [0.1, 0.15) is 39.5 Å². The van der Waals surface area contributed by atoms with Gasteiger partial charge in [-0.1, -0.05) is 19.8 Å². The van der Waals surface area contributed by atoms with E-state index in [-0.39, 0.29) is 5.82 Å². The maximum absolute atomic E-state index is 13.8. The number of hydrogen-bond acceptors (Lipinski definition) is 4. The van der Waals surface area contributed by atoms with Crippen LogP contribution in [0.4, 0.5) is 16.2 Å². The molecule has 4 nitrogen and oxygen atoms in total. The quantitative estimate of drug-likeness (QED) is 0.889. The highest BCUT2D eigenvalue weighted by molar-refractivity contribution is 5.44. The Labute approximate surface area is 114 Å². The Morgan fingerprint density at radius 2 is 2.11 bits per heavy atom. The first-order valence-corrected chi connectivity index (χ1v) is 7.26. The van der Waals surface area contributed by atoms with Crippen LogP contribution in [0.2, 0.25) is 0 Å². The first kappa shape index (κ1) is 14.0. The van der Waals surface area contributed by atoms with E-state index in [1.54, 1.807) is 0 Å². The molecule has 1 aliphatic rings. The lowest BCUT2D eigenvalue weighted by molar-refractivity contribution is 0.375. The van der Waals surface area contributed by atoms with Crippen LogP contribution in [0.5, 0.6) is 0 Å². The third-order valence-corrected chi connectivity index (χ3v) is 3.67. The first-order chi connectivity index (χ1) is 9.24. The summed E-state index contributed by atoms with van der Waals surface area (Å²) in [5.74, 6) is 1.42. The molecule has 2 rings (SSSR count). The topological polar surface area (TPSA) is 41.1 Å². The van der Waals surface area contributed by atoms with Crippen molar-refractivity contribution in [2.24, 2.45) is 5.92 Å². The van der Waals surface area contributed by atoms with Crippen LogP contribution in [-0.4, -0.2) is 29.6 Å². The lowest BCUT2D eigenvalue weighted by Crippen LogP contribution is -2.35. The zero-order valence-electron chi connectivity index (χ0n) is 11.8. The molecule has 0 saturated carbocycles. The number of halogens is 1. The lowest BCUT2D eigenvalue weighted by atomic mass is 9.92. The van der Waals surface area contributed by atoms with E-state index in [4.69, 9.17) is 0 Å². The summed E-state index contributed by atoms with van der Waals surface area (Å²) in [6, 6.07) is 0. The summed E-state index contributed by atoms with van der Waals surface area (Å²) in [7, 11) is 0. The number of nitrogens with one attached hydrogen (secondary N) is 1. The van der Waals surface area contributed by atoms with Crippen LogP contribution in [0, 0.1) is 11.7 Å². The molecule has 0 aliphatic carbocycles. The summed E-state index contributed by atoms with van der Waals surface area (Å²) in [6.07, 6.45) is 6.04. The van der Waals surface area contributed by atoms with E-state index < -0.39 is 0 Å². The van der Waals surface area contributed by atoms with Gasteiger partial charge in [-0.25, -0.2) is 9.37 Å². The third-order valence-electron chi connectivity index (χ3n) is 3.67. The van der Waals surface area contributed by atoms with Gasteiger partial charge in [0, 0.05) is 19.6 Å². The molecule has 1 saturated heterocycles. The molecule has 1 aromatic rings. The molecule has 0 atom stereocenters. The van der Waals surface area contributed by atoms with Gasteiger partial charge < -0.3 is 10.2 Å². The van der Waals surface area contributed by atoms with E-state index in [2.05, 4.69) is 22.2 Å². The van der Waals surface area contributed by atoms with Crippen molar-refractivity contribution in [3.8, 4) is 0 Å². The van der Waals surface area contributed by atoms with Crippen molar-refractivity contribution >= 4 is 11.8 Å². The SMILES string of the molecule is CCCC1CCN(c2nc(NCC)ncc2F)CC1. The minimum atomic E-state index is -0.324. The second-order valence-electron chi connectivity index (χ2n) is 5.11. The van der Waals surface area contributed by atoms with E-state index in [1.807, 2.05) is 11.8 Å². The largest absolute Gasteiger partial charge is 0.354 e. The zero-order valence-corrected chi connectivity index (χ0v) is 11.8. The number of nitrogens with zero attached hydrogens (tertiary/aromatic N) is 3. The molecule has 0 radical (unpaired) electrons. The van der Waals surface area contributed by atoms with Crippen molar-refractivity contribution in [2.45, 2.75) is 39.5 Å². The van der Waals surface area contributed by atoms with Gasteiger partial charge in [-0.2, -0.15) is 4.98 Å². The summed E-state index contributed by atoms with van der Waals surface area (Å²) in [5, 5.41) is 3.03. The van der Waals surface area contributed by atoms with Crippen LogP contribution < -0.4 is 10.2 Å². The Morgan fingerprint density at radius 3 is 2.74 bits per heavy atom. The fraction of sp³-hybridized carbons (Fsp3) is 0.714. The standard InChI is InChI=1S/C14H23FN4/c1-3-5-11-6-8-19(9-7-11)13-12(15)10-17-14(18-13)16-4-2/h10-11H,3-9H2,1-2H3,(H,16,17,18). The maximum atomic E-state index is 13.8. The molecule has 19 heavy (non-hydrogen) atoms. The molecule has 0 amide bonds. The van der Waals surface area contributed by atoms with Crippen LogP contribution in [0.3, 0.4) is 0 Å². The van der Waals surface area contributed by atoms with Gasteiger partial charge >= 0.3 is 0 Å². The Kier molecular flexibility index (Phi) is 4.93. The molecule has 0 bridgehead atoms. The normalized spacial score (nSPS) is 16.7. The van der Waals surface area contributed by atoms with Gasteiger partial charge in [-0.15, -0.1) is 0 Å². The van der Waals surface area contributed by atoms with E-state index in [1.165, 1.54) is 19.0 Å². The molecule has 1 aliphatic heterocycles. The predicted octanol–water partition coefficient (Wildman–Crippen LogP) is 3.06. The molecule has 0 aromatic carbocycles. The highest BCUT2D eigenvalue weighted by atomic mass is 19.1. The Hall–Kier alpha value is -1.39. The van der Waals surface area contributed by atoms with Crippen molar-refractivity contribution in [2.75, 3.05) is 29.9 Å². The van der Waals surface area contributed by atoms with Crippen molar-refractivity contribution in [3.05, 3.63) is 12.0 Å². The predicted molar refractivity (Wildman–Crippen MR) is 76.0 cm³/mol. The average Bonchev–Trinajstić information content (AvgIpc) is 2.43. The number of aromatic nitrogens is 2. The molecular weight excluding hydrogens is 243 g/mol. The lowest BCUT2D eigenvalue weighted by Gasteiger charge is -2.32. The van der Waals surface area contributed by atoms with E-state index in [0.29, 0.717) is 11.8 Å². The summed E-state index contributed by atoms with van der Waals surface area (Å²) < 4.78 is 13.8. The van der Waals surface area contributed by atoms with Gasteiger partial charge in [0.05, 0.1) is 6.20 Å². The van der Waals surface area contributed by atoms with Gasteiger partial charge in [0.2, 0.25) is 5.95 Å². The summed E-state index contributed by atoms with van der Waals surface area (Å²) >= 11 is 0. The second kappa shape index (κ2) is 6.68. The number of piperidine rings is 1. The van der Waals surface area contributed by atoms with Crippen LogP contribution in [0.25, 0.3) is 0 Å². The van der Waals surface area contributed by atoms with E-state index in [0.717, 1.165) is 38.4 Å². The molecule has 0 spiro atoms. The summed E-state index contributed by atoms with van der Waals surface area (Å²) in [6.45, 7) is 6.72. The van der Waals surface area contributed by atoms with Crippen LogP contribution in [0.15, 0.2) is 6.20 Å². The monoisotopic (exact) mass is 266 g/mol. The average molecular weight is 266 g/mol. The van der Waals surface area contributed by atoms with Crippen molar-refractivity contribution < 1.29 is 4.39 Å². The first-order valence-electron chi connectivity index (χ1n) is 7.26. The van der Waals surface area contributed by atoms with E-state index >= 15 is 0 Å². The molecule has 1 aromatic heterocycles. The van der Waals surface area contributed by atoms with Gasteiger partial charge in [0.15, 0.2) is 11.6 Å². The minimum Gasteiger partial charge on any atom is -0.354 e. The smallest absolute Gasteiger partial charge is 0.224 e. The van der Waals surface area contributed by atoms with Crippen molar-refractivity contribution in [3.63, 3.8) is 0 Å². The molecule has 1 N–H and O–H groups in total. The van der Waals surface area contributed by atoms with Gasteiger partial charge in [-0.05, 0) is 25.7 Å². The summed E-state index contributed by atoms with van der Waals surface area (Å²) in [4.78, 5) is 10.3. The highest BCUT2D eigenvalue weighted by Gasteiger charge is 2.22. The minimum absolute atomic E-state index is 0.324. The van der Waals surface area contributed by atoms with Gasteiger partial charge in [0.25, 0.3) is 0 Å². The van der Waals surface area contributed by atoms with Crippen LogP contribution in [-0.2, 0) is 0 Å². The molecule has 2 heterocycles. The van der Waals surface area contributed by atoms with E-state index in [9.17, 15) is 4.39 Å². The van der Waals surface area contributed by atoms with Crippen LogP contribution >= 0.6 is 0 Å². The fourth-order valence-corrected chi connectivity index (χ4v) is 2.66. The zero-order chi connectivity index (χ0) is 13.7.